The topological polar surface area (TPSA) is 91.8 Å². The monoisotopic (exact) mass is 358 g/mol. The zero-order valence-electron chi connectivity index (χ0n) is 14.3. The maximum atomic E-state index is 14.3. The number of halogens is 1. The van der Waals surface area contributed by atoms with Gasteiger partial charge in [0.1, 0.15) is 11.6 Å². The van der Waals surface area contributed by atoms with Gasteiger partial charge in [-0.1, -0.05) is 12.1 Å². The standard InChI is InChI=1S/C21H15FN4O/c22-19-4-1-12(10-23)7-17(19)15-9-18(20(24)26-11-15)13-2-3-16-14(8-13)5-6-25-21(16)27/h1-4,7-9,11H,5-6H2,(H2,24,26)(H,25,27). The van der Waals surface area contributed by atoms with Crippen LogP contribution in [0, 0.1) is 17.1 Å². The maximum absolute atomic E-state index is 14.3. The number of nitrogens with zero attached hydrogens (tertiary/aromatic N) is 2. The van der Waals surface area contributed by atoms with Crippen molar-refractivity contribution in [2.24, 2.45) is 0 Å². The Morgan fingerprint density at radius 3 is 2.74 bits per heavy atom. The first kappa shape index (κ1) is 16.7. The van der Waals surface area contributed by atoms with Gasteiger partial charge in [-0.15, -0.1) is 0 Å². The Morgan fingerprint density at radius 2 is 1.93 bits per heavy atom. The number of aromatic nitrogens is 1. The van der Waals surface area contributed by atoms with Crippen molar-refractivity contribution in [2.75, 3.05) is 12.3 Å². The number of nitrogens with one attached hydrogen (secondary N) is 1. The minimum Gasteiger partial charge on any atom is -0.383 e. The minimum atomic E-state index is -0.436. The van der Waals surface area contributed by atoms with Crippen LogP contribution in [-0.2, 0) is 6.42 Å². The summed E-state index contributed by atoms with van der Waals surface area (Å²) in [5, 5.41) is 11.9. The molecule has 1 amide bonds. The molecule has 0 saturated carbocycles. The average molecular weight is 358 g/mol. The lowest BCUT2D eigenvalue weighted by Crippen LogP contribution is -2.31. The van der Waals surface area contributed by atoms with Gasteiger partial charge in [0.15, 0.2) is 0 Å². The van der Waals surface area contributed by atoms with Crippen LogP contribution in [0.1, 0.15) is 21.5 Å². The Morgan fingerprint density at radius 1 is 1.07 bits per heavy atom. The third-order valence-corrected chi connectivity index (χ3v) is 4.67. The molecule has 6 heteroatoms. The Balaban J connectivity index is 1.83. The van der Waals surface area contributed by atoms with Gasteiger partial charge in [-0.05, 0) is 47.9 Å². The van der Waals surface area contributed by atoms with Crippen LogP contribution in [0.5, 0.6) is 0 Å². The molecule has 1 aromatic heterocycles. The van der Waals surface area contributed by atoms with Crippen LogP contribution in [0.4, 0.5) is 10.2 Å². The molecule has 0 fully saturated rings. The highest BCUT2D eigenvalue weighted by Crippen LogP contribution is 2.32. The average Bonchev–Trinajstić information content (AvgIpc) is 2.69. The van der Waals surface area contributed by atoms with E-state index < -0.39 is 5.82 Å². The van der Waals surface area contributed by atoms with E-state index >= 15 is 0 Å². The van der Waals surface area contributed by atoms with E-state index in [9.17, 15) is 9.18 Å². The van der Waals surface area contributed by atoms with Gasteiger partial charge in [0.05, 0.1) is 11.6 Å². The third-order valence-electron chi connectivity index (χ3n) is 4.67. The van der Waals surface area contributed by atoms with E-state index in [1.165, 1.54) is 24.4 Å². The highest BCUT2D eigenvalue weighted by molar-refractivity contribution is 5.97. The molecule has 1 aliphatic heterocycles. The predicted molar refractivity (Wildman–Crippen MR) is 100 cm³/mol. The Bertz CT molecular complexity index is 1120. The van der Waals surface area contributed by atoms with Crippen molar-refractivity contribution in [3.05, 3.63) is 71.2 Å². The first-order valence-electron chi connectivity index (χ1n) is 8.44. The number of carbonyl (C=O) groups excluding carboxylic acids is 1. The summed E-state index contributed by atoms with van der Waals surface area (Å²) in [5.41, 5.74) is 10.3. The molecule has 0 aliphatic carbocycles. The van der Waals surface area contributed by atoms with Gasteiger partial charge in [0.25, 0.3) is 5.91 Å². The van der Waals surface area contributed by atoms with Crippen LogP contribution in [0.25, 0.3) is 22.3 Å². The number of fused-ring (bicyclic) bond motifs is 1. The smallest absolute Gasteiger partial charge is 0.251 e. The van der Waals surface area contributed by atoms with Crippen LogP contribution in [0.3, 0.4) is 0 Å². The second kappa shape index (κ2) is 6.54. The number of pyridine rings is 1. The Labute approximate surface area is 155 Å². The van der Waals surface area contributed by atoms with E-state index in [4.69, 9.17) is 11.0 Å². The molecule has 3 aromatic rings. The Kier molecular flexibility index (Phi) is 4.05. The molecule has 0 spiro atoms. The van der Waals surface area contributed by atoms with Crippen molar-refractivity contribution in [3.63, 3.8) is 0 Å². The highest BCUT2D eigenvalue weighted by Gasteiger charge is 2.18. The van der Waals surface area contributed by atoms with Crippen molar-refractivity contribution in [3.8, 4) is 28.3 Å². The molecule has 0 atom stereocenters. The number of nitrogen functional groups attached to an aromatic ring is 1. The molecular formula is C21H15FN4O. The number of amides is 1. The van der Waals surface area contributed by atoms with Crippen molar-refractivity contribution in [2.45, 2.75) is 6.42 Å². The van der Waals surface area contributed by atoms with Crippen LogP contribution < -0.4 is 11.1 Å². The predicted octanol–water partition coefficient (Wildman–Crippen LogP) is 3.29. The number of carbonyl (C=O) groups is 1. The summed E-state index contributed by atoms with van der Waals surface area (Å²) in [6, 6.07) is 13.5. The normalized spacial score (nSPS) is 12.8. The van der Waals surface area contributed by atoms with Crippen LogP contribution >= 0.6 is 0 Å². The van der Waals surface area contributed by atoms with Crippen LogP contribution in [0.15, 0.2) is 48.7 Å². The fraction of sp³-hybridized carbons (Fsp3) is 0.0952. The van der Waals surface area contributed by atoms with Gasteiger partial charge in [0.2, 0.25) is 0 Å². The lowest BCUT2D eigenvalue weighted by Gasteiger charge is -2.18. The zero-order valence-corrected chi connectivity index (χ0v) is 14.3. The van der Waals surface area contributed by atoms with Gasteiger partial charge >= 0.3 is 0 Å². The van der Waals surface area contributed by atoms with Crippen LogP contribution in [0.2, 0.25) is 0 Å². The van der Waals surface area contributed by atoms with E-state index in [1.807, 2.05) is 18.2 Å². The van der Waals surface area contributed by atoms with Crippen molar-refractivity contribution in [1.29, 1.82) is 5.26 Å². The number of hydrogen-bond acceptors (Lipinski definition) is 4. The summed E-state index contributed by atoms with van der Waals surface area (Å²) < 4.78 is 14.3. The number of nitrogens with two attached hydrogens (primary N) is 1. The summed E-state index contributed by atoms with van der Waals surface area (Å²) in [7, 11) is 0. The molecule has 2 heterocycles. The number of anilines is 1. The van der Waals surface area contributed by atoms with E-state index in [1.54, 1.807) is 12.1 Å². The number of nitriles is 1. The summed E-state index contributed by atoms with van der Waals surface area (Å²) in [6.07, 6.45) is 2.23. The minimum absolute atomic E-state index is 0.0852. The molecule has 0 saturated heterocycles. The van der Waals surface area contributed by atoms with Crippen LogP contribution in [-0.4, -0.2) is 17.4 Å². The first-order chi connectivity index (χ1) is 13.1. The molecule has 0 unspecified atom stereocenters. The van der Waals surface area contributed by atoms with Gasteiger partial charge in [-0.3, -0.25) is 4.79 Å². The molecule has 5 nitrogen and oxygen atoms in total. The number of rotatable bonds is 2. The molecule has 132 valence electrons. The summed E-state index contributed by atoms with van der Waals surface area (Å²) >= 11 is 0. The summed E-state index contributed by atoms with van der Waals surface area (Å²) in [6.45, 7) is 0.592. The summed E-state index contributed by atoms with van der Waals surface area (Å²) in [4.78, 5) is 16.1. The van der Waals surface area contributed by atoms with E-state index in [0.717, 1.165) is 17.5 Å². The quantitative estimate of drug-likeness (QED) is 0.735. The van der Waals surface area contributed by atoms with Crippen molar-refractivity contribution in [1.82, 2.24) is 10.3 Å². The second-order valence-corrected chi connectivity index (χ2v) is 6.34. The fourth-order valence-corrected chi connectivity index (χ4v) is 3.27. The molecule has 3 N–H and O–H groups in total. The lowest BCUT2D eigenvalue weighted by atomic mass is 9.94. The van der Waals surface area contributed by atoms with Gasteiger partial charge < -0.3 is 11.1 Å². The van der Waals surface area contributed by atoms with E-state index in [0.29, 0.717) is 40.2 Å². The third kappa shape index (κ3) is 3.00. The summed E-state index contributed by atoms with van der Waals surface area (Å²) in [5.74, 6) is -0.206. The Hall–Kier alpha value is -3.72. The second-order valence-electron chi connectivity index (χ2n) is 6.34. The molecule has 0 bridgehead atoms. The largest absolute Gasteiger partial charge is 0.383 e. The van der Waals surface area contributed by atoms with E-state index in [2.05, 4.69) is 10.3 Å². The highest BCUT2D eigenvalue weighted by atomic mass is 19.1. The zero-order chi connectivity index (χ0) is 19.0. The lowest BCUT2D eigenvalue weighted by molar-refractivity contribution is 0.0946. The number of benzene rings is 2. The van der Waals surface area contributed by atoms with Gasteiger partial charge in [0, 0.05) is 35.0 Å². The number of hydrogen-bond donors (Lipinski definition) is 2. The maximum Gasteiger partial charge on any atom is 0.251 e. The molecule has 4 rings (SSSR count). The van der Waals surface area contributed by atoms with Gasteiger partial charge in [-0.25, -0.2) is 9.37 Å². The SMILES string of the molecule is N#Cc1ccc(F)c(-c2cnc(N)c(-c3ccc4c(c3)CCNC4=O)c2)c1. The molecule has 0 radical (unpaired) electrons. The molecule has 1 aliphatic rings. The van der Waals surface area contributed by atoms with Crippen molar-refractivity contribution < 1.29 is 9.18 Å². The van der Waals surface area contributed by atoms with Gasteiger partial charge in [-0.2, -0.15) is 5.26 Å². The molecule has 2 aromatic carbocycles. The molecular weight excluding hydrogens is 343 g/mol. The van der Waals surface area contributed by atoms with Crippen molar-refractivity contribution >= 4 is 11.7 Å². The molecule has 27 heavy (non-hydrogen) atoms. The first-order valence-corrected chi connectivity index (χ1v) is 8.44. The van der Waals surface area contributed by atoms with E-state index in [-0.39, 0.29) is 5.91 Å². The fourth-order valence-electron chi connectivity index (χ4n) is 3.27.